The molecule has 3 nitrogen and oxygen atoms in total. The van der Waals surface area contributed by atoms with Crippen LogP contribution in [0, 0.1) is 13.8 Å². The van der Waals surface area contributed by atoms with Crippen LogP contribution in [0.5, 0.6) is 0 Å². The largest absolute Gasteiger partial charge is 0.366 e. The van der Waals surface area contributed by atoms with Crippen LogP contribution in [0.1, 0.15) is 29.4 Å². The van der Waals surface area contributed by atoms with E-state index in [0.717, 1.165) is 30.2 Å². The second kappa shape index (κ2) is 6.02. The fourth-order valence-electron chi connectivity index (χ4n) is 1.87. The van der Waals surface area contributed by atoms with Crippen LogP contribution in [-0.4, -0.2) is 9.97 Å². The van der Waals surface area contributed by atoms with Crippen molar-refractivity contribution in [3.63, 3.8) is 0 Å². The Labute approximate surface area is 119 Å². The average molecular weight is 276 g/mol. The zero-order chi connectivity index (χ0) is 13.8. The van der Waals surface area contributed by atoms with Gasteiger partial charge in [-0.3, -0.25) is 0 Å². The smallest absolute Gasteiger partial charge is 0.137 e. The van der Waals surface area contributed by atoms with E-state index in [-0.39, 0.29) is 0 Å². The first-order valence-electron chi connectivity index (χ1n) is 6.42. The molecule has 0 unspecified atom stereocenters. The molecule has 19 heavy (non-hydrogen) atoms. The summed E-state index contributed by atoms with van der Waals surface area (Å²) in [6.45, 7) is 6.77. The van der Waals surface area contributed by atoms with E-state index in [1.165, 1.54) is 11.1 Å². The van der Waals surface area contributed by atoms with Crippen molar-refractivity contribution in [2.45, 2.75) is 33.7 Å². The molecule has 0 atom stereocenters. The van der Waals surface area contributed by atoms with Crippen LogP contribution in [-0.2, 0) is 13.0 Å². The second-order valence-corrected chi connectivity index (χ2v) is 4.96. The Morgan fingerprint density at radius 2 is 2.00 bits per heavy atom. The fraction of sp³-hybridized carbons (Fsp3) is 0.333. The molecule has 0 aliphatic carbocycles. The monoisotopic (exact) mass is 275 g/mol. The molecular weight excluding hydrogens is 258 g/mol. The van der Waals surface area contributed by atoms with E-state index in [1.807, 2.05) is 13.8 Å². The number of hydrogen-bond donors (Lipinski definition) is 1. The van der Waals surface area contributed by atoms with E-state index < -0.39 is 0 Å². The molecule has 0 aliphatic rings. The van der Waals surface area contributed by atoms with E-state index in [9.17, 15) is 0 Å². The van der Waals surface area contributed by atoms with Gasteiger partial charge in [0, 0.05) is 18.5 Å². The number of anilines is 1. The summed E-state index contributed by atoms with van der Waals surface area (Å²) in [5.74, 6) is 1.58. The minimum absolute atomic E-state index is 0.526. The highest BCUT2D eigenvalue weighted by atomic mass is 35.5. The van der Waals surface area contributed by atoms with Crippen LogP contribution in [0.2, 0.25) is 5.15 Å². The summed E-state index contributed by atoms with van der Waals surface area (Å²) < 4.78 is 0. The predicted molar refractivity (Wildman–Crippen MR) is 79.7 cm³/mol. The van der Waals surface area contributed by atoms with Gasteiger partial charge in [-0.15, -0.1) is 0 Å². The molecule has 0 spiro atoms. The van der Waals surface area contributed by atoms with Crippen LogP contribution < -0.4 is 5.32 Å². The van der Waals surface area contributed by atoms with Gasteiger partial charge in [-0.05, 0) is 19.4 Å². The topological polar surface area (TPSA) is 37.8 Å². The lowest BCUT2D eigenvalue weighted by Gasteiger charge is -2.11. The van der Waals surface area contributed by atoms with Gasteiger partial charge in [0.25, 0.3) is 0 Å². The molecule has 1 aromatic heterocycles. The number of aryl methyl sites for hydroxylation is 2. The minimum Gasteiger partial charge on any atom is -0.366 e. The number of rotatable bonds is 4. The Morgan fingerprint density at radius 1 is 1.21 bits per heavy atom. The third-order valence-corrected chi connectivity index (χ3v) is 3.36. The van der Waals surface area contributed by atoms with Gasteiger partial charge in [0.1, 0.15) is 16.8 Å². The maximum Gasteiger partial charge on any atom is 0.137 e. The van der Waals surface area contributed by atoms with Gasteiger partial charge in [0.05, 0.1) is 0 Å². The lowest BCUT2D eigenvalue weighted by atomic mass is 10.1. The van der Waals surface area contributed by atoms with Gasteiger partial charge in [0.15, 0.2) is 0 Å². The second-order valence-electron chi connectivity index (χ2n) is 4.60. The van der Waals surface area contributed by atoms with Gasteiger partial charge in [0.2, 0.25) is 0 Å². The van der Waals surface area contributed by atoms with Crippen molar-refractivity contribution in [1.29, 1.82) is 0 Å². The quantitative estimate of drug-likeness (QED) is 0.860. The van der Waals surface area contributed by atoms with Crippen molar-refractivity contribution in [2.24, 2.45) is 0 Å². The van der Waals surface area contributed by atoms with Gasteiger partial charge < -0.3 is 5.32 Å². The molecule has 1 N–H and O–H groups in total. The number of benzene rings is 1. The van der Waals surface area contributed by atoms with E-state index in [2.05, 4.69) is 46.5 Å². The van der Waals surface area contributed by atoms with Gasteiger partial charge in [-0.1, -0.05) is 48.4 Å². The molecule has 4 heteroatoms. The summed E-state index contributed by atoms with van der Waals surface area (Å²) in [7, 11) is 0. The summed E-state index contributed by atoms with van der Waals surface area (Å²) in [5, 5.41) is 3.86. The molecule has 2 aromatic rings. The van der Waals surface area contributed by atoms with E-state index >= 15 is 0 Å². The molecule has 1 aromatic carbocycles. The Bertz CT molecular complexity index is 582. The van der Waals surface area contributed by atoms with Crippen molar-refractivity contribution in [1.82, 2.24) is 9.97 Å². The standard InChI is InChI=1S/C15H18ClN3/c1-4-13-18-14(16)11(3)15(19-13)17-9-12-7-5-6-10(2)8-12/h5-8H,4,9H2,1-3H3,(H,17,18,19). The van der Waals surface area contributed by atoms with Gasteiger partial charge in [-0.25, -0.2) is 9.97 Å². The lowest BCUT2D eigenvalue weighted by molar-refractivity contribution is 0.922. The predicted octanol–water partition coefficient (Wildman–Crippen LogP) is 3.92. The minimum atomic E-state index is 0.526. The third-order valence-electron chi connectivity index (χ3n) is 2.99. The molecule has 2 rings (SSSR count). The maximum atomic E-state index is 6.11. The maximum absolute atomic E-state index is 6.11. The van der Waals surface area contributed by atoms with Crippen LogP contribution in [0.4, 0.5) is 5.82 Å². The molecule has 0 saturated heterocycles. The fourth-order valence-corrected chi connectivity index (χ4v) is 2.06. The summed E-state index contributed by atoms with van der Waals surface area (Å²) in [6.07, 6.45) is 0.777. The van der Waals surface area contributed by atoms with Crippen LogP contribution in [0.3, 0.4) is 0 Å². The highest BCUT2D eigenvalue weighted by molar-refractivity contribution is 6.30. The number of halogens is 1. The number of hydrogen-bond acceptors (Lipinski definition) is 3. The zero-order valence-electron chi connectivity index (χ0n) is 11.5. The Kier molecular flexibility index (Phi) is 4.38. The highest BCUT2D eigenvalue weighted by Crippen LogP contribution is 2.20. The molecular formula is C15H18ClN3. The number of nitrogens with zero attached hydrogens (tertiary/aromatic N) is 2. The van der Waals surface area contributed by atoms with Crippen molar-refractivity contribution in [3.8, 4) is 0 Å². The van der Waals surface area contributed by atoms with Crippen molar-refractivity contribution >= 4 is 17.4 Å². The van der Waals surface area contributed by atoms with Crippen molar-refractivity contribution < 1.29 is 0 Å². The van der Waals surface area contributed by atoms with Gasteiger partial charge >= 0.3 is 0 Å². The average Bonchev–Trinajstić information content (AvgIpc) is 2.40. The highest BCUT2D eigenvalue weighted by Gasteiger charge is 2.08. The first-order valence-corrected chi connectivity index (χ1v) is 6.80. The number of nitrogens with one attached hydrogen (secondary N) is 1. The van der Waals surface area contributed by atoms with Crippen LogP contribution in [0.15, 0.2) is 24.3 Å². The van der Waals surface area contributed by atoms with Crippen molar-refractivity contribution in [2.75, 3.05) is 5.32 Å². The SMILES string of the molecule is CCc1nc(Cl)c(C)c(NCc2cccc(C)c2)n1. The first kappa shape index (κ1) is 13.8. The molecule has 100 valence electrons. The molecule has 1 heterocycles. The van der Waals surface area contributed by atoms with Crippen molar-refractivity contribution in [3.05, 3.63) is 51.9 Å². The molecule has 0 saturated carbocycles. The molecule has 0 bridgehead atoms. The third kappa shape index (κ3) is 3.44. The Hall–Kier alpha value is -1.61. The molecule has 0 amide bonds. The van der Waals surface area contributed by atoms with E-state index in [1.54, 1.807) is 0 Å². The first-order chi connectivity index (χ1) is 9.10. The summed E-state index contributed by atoms with van der Waals surface area (Å²) in [4.78, 5) is 8.72. The molecule has 0 fully saturated rings. The van der Waals surface area contributed by atoms with Crippen LogP contribution in [0.25, 0.3) is 0 Å². The van der Waals surface area contributed by atoms with Crippen LogP contribution >= 0.6 is 11.6 Å². The summed E-state index contributed by atoms with van der Waals surface area (Å²) in [6, 6.07) is 8.40. The zero-order valence-corrected chi connectivity index (χ0v) is 12.3. The molecule has 0 radical (unpaired) electrons. The van der Waals surface area contributed by atoms with Gasteiger partial charge in [-0.2, -0.15) is 0 Å². The number of aromatic nitrogens is 2. The van der Waals surface area contributed by atoms with E-state index in [0.29, 0.717) is 5.15 Å². The van der Waals surface area contributed by atoms with E-state index in [4.69, 9.17) is 11.6 Å². The Morgan fingerprint density at radius 3 is 2.68 bits per heavy atom. The normalized spacial score (nSPS) is 10.5. The molecule has 0 aliphatic heterocycles. The Balaban J connectivity index is 2.17. The summed E-state index contributed by atoms with van der Waals surface area (Å²) >= 11 is 6.11. The lowest BCUT2D eigenvalue weighted by Crippen LogP contribution is -2.07. The summed E-state index contributed by atoms with van der Waals surface area (Å²) in [5.41, 5.74) is 3.38.